The fraction of sp³-hybridized carbons (Fsp3) is 0.130. The average Bonchev–Trinajstić information content (AvgIpc) is 3.41. The summed E-state index contributed by atoms with van der Waals surface area (Å²) in [5, 5.41) is 8.24. The molecule has 1 N–H and O–H groups in total. The van der Waals surface area contributed by atoms with E-state index in [1.165, 1.54) is 0 Å². The van der Waals surface area contributed by atoms with Crippen LogP contribution in [0.4, 0.5) is 5.82 Å². The van der Waals surface area contributed by atoms with Crippen LogP contribution in [0.3, 0.4) is 0 Å². The summed E-state index contributed by atoms with van der Waals surface area (Å²) < 4.78 is 18.8. The minimum Gasteiger partial charge on any atom is -0.497 e. The van der Waals surface area contributed by atoms with Crippen LogP contribution >= 0.6 is 39.1 Å². The molecule has 10 heteroatoms. The number of hydrogen-bond acceptors (Lipinski definition) is 5. The summed E-state index contributed by atoms with van der Waals surface area (Å²) in [5.74, 6) is 1.89. The van der Waals surface area contributed by atoms with Crippen molar-refractivity contribution in [2.45, 2.75) is 13.2 Å². The maximum atomic E-state index is 12.6. The van der Waals surface area contributed by atoms with E-state index in [4.69, 9.17) is 37.1 Å². The number of aromatic nitrogens is 2. The van der Waals surface area contributed by atoms with Crippen molar-refractivity contribution in [3.8, 4) is 11.5 Å². The van der Waals surface area contributed by atoms with E-state index < -0.39 is 5.91 Å². The van der Waals surface area contributed by atoms with Crippen molar-refractivity contribution in [3.05, 3.63) is 92.4 Å². The lowest BCUT2D eigenvalue weighted by atomic mass is 10.2. The molecular weight excluding hydrogens is 533 g/mol. The van der Waals surface area contributed by atoms with Crippen LogP contribution in [-0.2, 0) is 13.2 Å². The SMILES string of the molecule is COc1cccc(OCc2ccc(C(=O)Nc3nn(Cc4ccc(Cl)cc4Cl)cc3Br)o2)c1. The molecule has 0 unspecified atom stereocenters. The van der Waals surface area contributed by atoms with Crippen LogP contribution in [0.1, 0.15) is 21.9 Å². The number of anilines is 1. The highest BCUT2D eigenvalue weighted by molar-refractivity contribution is 9.10. The van der Waals surface area contributed by atoms with Gasteiger partial charge in [0, 0.05) is 22.3 Å². The Balaban J connectivity index is 1.38. The minimum atomic E-state index is -0.432. The molecule has 1 amide bonds. The first-order valence-corrected chi connectivity index (χ1v) is 11.3. The number of furan rings is 1. The number of hydrogen-bond donors (Lipinski definition) is 1. The van der Waals surface area contributed by atoms with Crippen molar-refractivity contribution >= 4 is 50.9 Å². The van der Waals surface area contributed by atoms with E-state index in [0.717, 1.165) is 5.56 Å². The third-order valence-corrected chi connectivity index (χ3v) is 5.77. The Labute approximate surface area is 208 Å². The van der Waals surface area contributed by atoms with Crippen LogP contribution in [-0.4, -0.2) is 22.8 Å². The van der Waals surface area contributed by atoms with Gasteiger partial charge in [-0.05, 0) is 57.9 Å². The molecule has 0 aliphatic carbocycles. The molecule has 0 saturated carbocycles. The number of carbonyl (C=O) groups excluding carboxylic acids is 1. The van der Waals surface area contributed by atoms with E-state index in [2.05, 4.69) is 26.3 Å². The summed E-state index contributed by atoms with van der Waals surface area (Å²) >= 11 is 15.6. The molecule has 2 aromatic carbocycles. The van der Waals surface area contributed by atoms with Gasteiger partial charge in [0.15, 0.2) is 11.6 Å². The highest BCUT2D eigenvalue weighted by Crippen LogP contribution is 2.25. The molecule has 0 aliphatic heterocycles. The molecule has 0 fully saturated rings. The molecule has 0 atom stereocenters. The van der Waals surface area contributed by atoms with Crippen molar-refractivity contribution in [2.75, 3.05) is 12.4 Å². The van der Waals surface area contributed by atoms with E-state index in [1.54, 1.807) is 48.3 Å². The number of amides is 1. The minimum absolute atomic E-state index is 0.140. The first-order valence-electron chi connectivity index (χ1n) is 9.75. The van der Waals surface area contributed by atoms with Crippen molar-refractivity contribution in [1.29, 1.82) is 0 Å². The molecular formula is C23H18BrCl2N3O4. The molecule has 0 spiro atoms. The van der Waals surface area contributed by atoms with E-state index in [9.17, 15) is 4.79 Å². The van der Waals surface area contributed by atoms with Crippen LogP contribution in [0.25, 0.3) is 0 Å². The van der Waals surface area contributed by atoms with Gasteiger partial charge in [0.25, 0.3) is 5.91 Å². The Kier molecular flexibility index (Phi) is 7.27. The second kappa shape index (κ2) is 10.3. The maximum Gasteiger partial charge on any atom is 0.292 e. The average molecular weight is 551 g/mol. The van der Waals surface area contributed by atoms with Crippen LogP contribution < -0.4 is 14.8 Å². The van der Waals surface area contributed by atoms with Crippen LogP contribution in [0, 0.1) is 0 Å². The summed E-state index contributed by atoms with van der Waals surface area (Å²) in [6, 6.07) is 15.8. The van der Waals surface area contributed by atoms with Crippen molar-refractivity contribution in [3.63, 3.8) is 0 Å². The number of nitrogens with one attached hydrogen (secondary N) is 1. The van der Waals surface area contributed by atoms with Gasteiger partial charge in [-0.15, -0.1) is 0 Å². The fourth-order valence-corrected chi connectivity index (χ4v) is 3.86. The van der Waals surface area contributed by atoms with E-state index in [-0.39, 0.29) is 12.4 Å². The van der Waals surface area contributed by atoms with Gasteiger partial charge in [-0.3, -0.25) is 9.48 Å². The van der Waals surface area contributed by atoms with E-state index in [0.29, 0.717) is 44.1 Å². The lowest BCUT2D eigenvalue weighted by Crippen LogP contribution is -2.12. The van der Waals surface area contributed by atoms with Crippen LogP contribution in [0.5, 0.6) is 11.5 Å². The molecule has 0 bridgehead atoms. The third-order valence-electron chi connectivity index (χ3n) is 4.60. The van der Waals surface area contributed by atoms with Crippen LogP contribution in [0.15, 0.2) is 69.7 Å². The van der Waals surface area contributed by atoms with Gasteiger partial charge in [-0.25, -0.2) is 0 Å². The van der Waals surface area contributed by atoms with Gasteiger partial charge in [0.1, 0.15) is 23.9 Å². The number of methoxy groups -OCH3 is 1. The second-order valence-corrected chi connectivity index (χ2v) is 8.64. The predicted octanol–water partition coefficient (Wildman–Crippen LogP) is 6.43. The van der Waals surface area contributed by atoms with Gasteiger partial charge in [-0.2, -0.15) is 5.10 Å². The first kappa shape index (κ1) is 23.2. The van der Waals surface area contributed by atoms with Crippen molar-refractivity contribution < 1.29 is 18.7 Å². The summed E-state index contributed by atoms with van der Waals surface area (Å²) in [5.41, 5.74) is 0.848. The zero-order valence-corrected chi connectivity index (χ0v) is 20.4. The lowest BCUT2D eigenvalue weighted by Gasteiger charge is -2.06. The summed E-state index contributed by atoms with van der Waals surface area (Å²) in [4.78, 5) is 12.6. The van der Waals surface area contributed by atoms with Crippen molar-refractivity contribution in [1.82, 2.24) is 9.78 Å². The maximum absolute atomic E-state index is 12.6. The molecule has 4 aromatic rings. The van der Waals surface area contributed by atoms with Gasteiger partial charge < -0.3 is 19.2 Å². The smallest absolute Gasteiger partial charge is 0.292 e. The molecule has 0 saturated heterocycles. The third kappa shape index (κ3) is 5.90. The van der Waals surface area contributed by atoms with Gasteiger partial charge in [-0.1, -0.05) is 35.3 Å². The van der Waals surface area contributed by atoms with Gasteiger partial charge >= 0.3 is 0 Å². The molecule has 170 valence electrons. The largest absolute Gasteiger partial charge is 0.497 e. The Morgan fingerprint density at radius 1 is 1.15 bits per heavy atom. The molecule has 0 aliphatic rings. The Morgan fingerprint density at radius 3 is 2.76 bits per heavy atom. The highest BCUT2D eigenvalue weighted by Gasteiger charge is 2.16. The number of rotatable bonds is 8. The lowest BCUT2D eigenvalue weighted by molar-refractivity contribution is 0.0992. The van der Waals surface area contributed by atoms with E-state index in [1.807, 2.05) is 24.3 Å². The molecule has 2 heterocycles. The van der Waals surface area contributed by atoms with Gasteiger partial charge in [0.05, 0.1) is 18.1 Å². The molecule has 2 aromatic heterocycles. The molecule has 33 heavy (non-hydrogen) atoms. The normalized spacial score (nSPS) is 10.8. The Bertz CT molecular complexity index is 1290. The zero-order chi connectivity index (χ0) is 23.4. The topological polar surface area (TPSA) is 78.5 Å². The number of nitrogens with zero attached hydrogens (tertiary/aromatic N) is 2. The number of halogens is 3. The summed E-state index contributed by atoms with van der Waals surface area (Å²) in [6.45, 7) is 0.581. The Morgan fingerprint density at radius 2 is 1.97 bits per heavy atom. The number of ether oxygens (including phenoxy) is 2. The Hall–Kier alpha value is -2.94. The second-order valence-electron chi connectivity index (χ2n) is 6.95. The highest BCUT2D eigenvalue weighted by atomic mass is 79.9. The van der Waals surface area contributed by atoms with Crippen LogP contribution in [0.2, 0.25) is 10.0 Å². The molecule has 7 nitrogen and oxygen atoms in total. The summed E-state index contributed by atoms with van der Waals surface area (Å²) in [7, 11) is 1.59. The number of carbonyl (C=O) groups is 1. The zero-order valence-electron chi connectivity index (χ0n) is 17.3. The van der Waals surface area contributed by atoms with Gasteiger partial charge in [0.2, 0.25) is 0 Å². The standard InChI is InChI=1S/C23H18BrCl2N3O4/c1-31-16-3-2-4-17(10-16)32-13-18-7-8-21(33-18)23(30)27-22-19(24)12-29(28-22)11-14-5-6-15(25)9-20(14)26/h2-10,12H,11,13H2,1H3,(H,27,28,30). The van der Waals surface area contributed by atoms with Crippen molar-refractivity contribution in [2.24, 2.45) is 0 Å². The fourth-order valence-electron chi connectivity index (χ4n) is 2.98. The monoisotopic (exact) mass is 549 g/mol. The summed E-state index contributed by atoms with van der Waals surface area (Å²) in [6.07, 6.45) is 1.75. The predicted molar refractivity (Wildman–Crippen MR) is 129 cm³/mol. The molecule has 0 radical (unpaired) electrons. The van der Waals surface area contributed by atoms with E-state index >= 15 is 0 Å². The quantitative estimate of drug-likeness (QED) is 0.273. The first-order chi connectivity index (χ1) is 15.9. The number of benzene rings is 2. The molecule has 4 rings (SSSR count).